The highest BCUT2D eigenvalue weighted by atomic mass is 35.5. The van der Waals surface area contributed by atoms with Crippen molar-refractivity contribution in [3.8, 4) is 0 Å². The Morgan fingerprint density at radius 2 is 2.05 bits per heavy atom. The zero-order valence-electron chi connectivity index (χ0n) is 10.7. The van der Waals surface area contributed by atoms with Crippen LogP contribution in [0.4, 0.5) is 5.69 Å². The molecular weight excluding hydrogens is 300 g/mol. The average Bonchev–Trinajstić information content (AvgIpc) is 2.41. The number of aliphatic hydroxyl groups is 1. The van der Waals surface area contributed by atoms with Gasteiger partial charge in [0.1, 0.15) is 0 Å². The molecule has 0 aliphatic heterocycles. The summed E-state index contributed by atoms with van der Waals surface area (Å²) >= 11 is 5.84. The molecule has 20 heavy (non-hydrogen) atoms. The Labute approximate surface area is 122 Å². The predicted octanol–water partition coefficient (Wildman–Crippen LogP) is 2.34. The van der Waals surface area contributed by atoms with Crippen LogP contribution in [-0.4, -0.2) is 18.5 Å². The first kappa shape index (κ1) is 14.8. The van der Waals surface area contributed by atoms with Crippen LogP contribution in [0.3, 0.4) is 0 Å². The van der Waals surface area contributed by atoms with Crippen molar-refractivity contribution in [1.82, 2.24) is 4.98 Å². The lowest BCUT2D eigenvalue weighted by atomic mass is 10.2. The summed E-state index contributed by atoms with van der Waals surface area (Å²) in [6.45, 7) is 1.49. The smallest absolute Gasteiger partial charge is 0.261 e. The van der Waals surface area contributed by atoms with Crippen LogP contribution < -0.4 is 4.72 Å². The summed E-state index contributed by atoms with van der Waals surface area (Å²) in [7, 11) is -3.74. The van der Waals surface area contributed by atoms with Gasteiger partial charge in [0.15, 0.2) is 0 Å². The van der Waals surface area contributed by atoms with Crippen molar-refractivity contribution < 1.29 is 13.5 Å². The molecule has 0 spiro atoms. The average molecular weight is 313 g/mol. The SMILES string of the molecule is Cc1ccc(NS(=O)(=O)c2ccc(Cl)c(CO)c2)cn1. The first-order valence-corrected chi connectivity index (χ1v) is 7.63. The van der Waals surface area contributed by atoms with E-state index in [1.807, 2.05) is 6.92 Å². The third-order valence-electron chi connectivity index (χ3n) is 2.66. The molecule has 0 amide bonds. The minimum absolute atomic E-state index is 0.0338. The van der Waals surface area contributed by atoms with Gasteiger partial charge in [0.05, 0.1) is 23.4 Å². The summed E-state index contributed by atoms with van der Waals surface area (Å²) in [6.07, 6.45) is 1.44. The van der Waals surface area contributed by atoms with E-state index in [4.69, 9.17) is 16.7 Å². The Balaban J connectivity index is 2.33. The van der Waals surface area contributed by atoms with Gasteiger partial charge in [-0.1, -0.05) is 11.6 Å². The highest BCUT2D eigenvalue weighted by molar-refractivity contribution is 7.92. The van der Waals surface area contributed by atoms with Gasteiger partial charge >= 0.3 is 0 Å². The molecule has 0 bridgehead atoms. The molecular formula is C13H13ClN2O3S. The monoisotopic (exact) mass is 312 g/mol. The summed E-state index contributed by atoms with van der Waals surface area (Å²) in [5.41, 5.74) is 1.52. The second-order valence-corrected chi connectivity index (χ2v) is 6.29. The van der Waals surface area contributed by atoms with Crippen molar-refractivity contribution in [1.29, 1.82) is 0 Å². The van der Waals surface area contributed by atoms with Crippen LogP contribution in [-0.2, 0) is 16.6 Å². The van der Waals surface area contributed by atoms with Crippen molar-refractivity contribution in [3.05, 3.63) is 52.8 Å². The lowest BCUT2D eigenvalue weighted by Gasteiger charge is -2.09. The van der Waals surface area contributed by atoms with Gasteiger partial charge in [-0.25, -0.2) is 8.42 Å². The van der Waals surface area contributed by atoms with Crippen LogP contribution in [0.2, 0.25) is 5.02 Å². The maximum Gasteiger partial charge on any atom is 0.261 e. The van der Waals surface area contributed by atoms with Gasteiger partial charge < -0.3 is 5.11 Å². The van der Waals surface area contributed by atoms with E-state index in [0.29, 0.717) is 16.3 Å². The number of hydrogen-bond donors (Lipinski definition) is 2. The number of halogens is 1. The maximum atomic E-state index is 12.2. The number of pyridine rings is 1. The Bertz CT molecular complexity index is 715. The second kappa shape index (κ2) is 5.78. The highest BCUT2D eigenvalue weighted by Crippen LogP contribution is 2.22. The molecule has 0 aliphatic rings. The van der Waals surface area contributed by atoms with E-state index in [1.165, 1.54) is 24.4 Å². The number of nitrogens with one attached hydrogen (secondary N) is 1. The van der Waals surface area contributed by atoms with E-state index < -0.39 is 10.0 Å². The Morgan fingerprint density at radius 3 is 2.65 bits per heavy atom. The summed E-state index contributed by atoms with van der Waals surface area (Å²) in [5.74, 6) is 0. The molecule has 0 unspecified atom stereocenters. The summed E-state index contributed by atoms with van der Waals surface area (Å²) in [4.78, 5) is 4.05. The van der Waals surface area contributed by atoms with Gasteiger partial charge in [0.25, 0.3) is 10.0 Å². The van der Waals surface area contributed by atoms with Crippen LogP contribution in [0.1, 0.15) is 11.3 Å². The maximum absolute atomic E-state index is 12.2. The molecule has 0 saturated carbocycles. The van der Waals surface area contributed by atoms with E-state index in [1.54, 1.807) is 12.1 Å². The zero-order chi connectivity index (χ0) is 14.8. The highest BCUT2D eigenvalue weighted by Gasteiger charge is 2.16. The molecule has 2 aromatic rings. The topological polar surface area (TPSA) is 79.3 Å². The fourth-order valence-corrected chi connectivity index (χ4v) is 2.85. The van der Waals surface area contributed by atoms with E-state index in [-0.39, 0.29) is 11.5 Å². The number of benzene rings is 1. The number of aryl methyl sites for hydroxylation is 1. The molecule has 0 fully saturated rings. The van der Waals surface area contributed by atoms with Gasteiger partial charge in [-0.3, -0.25) is 9.71 Å². The standard InChI is InChI=1S/C13H13ClN2O3S/c1-9-2-3-11(7-15-9)16-20(18,19)12-4-5-13(14)10(6-12)8-17/h2-7,16-17H,8H2,1H3. The molecule has 5 nitrogen and oxygen atoms in total. The van der Waals surface area contributed by atoms with E-state index in [9.17, 15) is 8.42 Å². The third kappa shape index (κ3) is 3.27. The van der Waals surface area contributed by atoms with Crippen molar-refractivity contribution in [2.75, 3.05) is 4.72 Å². The van der Waals surface area contributed by atoms with Crippen LogP contribution >= 0.6 is 11.6 Å². The predicted molar refractivity (Wildman–Crippen MR) is 77.2 cm³/mol. The molecule has 0 aliphatic carbocycles. The molecule has 1 aromatic carbocycles. The summed E-state index contributed by atoms with van der Waals surface area (Å²) in [5, 5.41) is 9.44. The zero-order valence-corrected chi connectivity index (χ0v) is 12.2. The van der Waals surface area contributed by atoms with Gasteiger partial charge in [-0.15, -0.1) is 0 Å². The molecule has 2 rings (SSSR count). The normalized spacial score (nSPS) is 11.3. The molecule has 2 N–H and O–H groups in total. The molecule has 1 aromatic heterocycles. The fourth-order valence-electron chi connectivity index (χ4n) is 1.58. The van der Waals surface area contributed by atoms with Crippen LogP contribution in [0.5, 0.6) is 0 Å². The number of aliphatic hydroxyl groups excluding tert-OH is 1. The van der Waals surface area contributed by atoms with Crippen molar-refractivity contribution in [3.63, 3.8) is 0 Å². The Hall–Kier alpha value is -1.63. The van der Waals surface area contributed by atoms with Gasteiger partial charge in [-0.2, -0.15) is 0 Å². The second-order valence-electron chi connectivity index (χ2n) is 4.21. The number of anilines is 1. The molecule has 7 heteroatoms. The lowest BCUT2D eigenvalue weighted by molar-refractivity contribution is 0.281. The number of sulfonamides is 1. The Morgan fingerprint density at radius 1 is 1.30 bits per heavy atom. The first-order valence-electron chi connectivity index (χ1n) is 5.77. The van der Waals surface area contributed by atoms with Crippen molar-refractivity contribution >= 4 is 27.3 Å². The number of aromatic nitrogens is 1. The van der Waals surface area contributed by atoms with Crippen LogP contribution in [0, 0.1) is 6.92 Å². The summed E-state index contributed by atoms with van der Waals surface area (Å²) in [6, 6.07) is 7.49. The lowest BCUT2D eigenvalue weighted by Crippen LogP contribution is -2.13. The quantitative estimate of drug-likeness (QED) is 0.908. The molecule has 0 radical (unpaired) electrons. The van der Waals surface area contributed by atoms with E-state index >= 15 is 0 Å². The van der Waals surface area contributed by atoms with Crippen molar-refractivity contribution in [2.45, 2.75) is 18.4 Å². The fraction of sp³-hybridized carbons (Fsp3) is 0.154. The molecule has 0 atom stereocenters. The van der Waals surface area contributed by atoms with Gasteiger partial charge in [-0.05, 0) is 42.8 Å². The van der Waals surface area contributed by atoms with Crippen LogP contribution in [0.25, 0.3) is 0 Å². The van der Waals surface area contributed by atoms with E-state index in [2.05, 4.69) is 9.71 Å². The number of nitrogens with zero attached hydrogens (tertiary/aromatic N) is 1. The first-order chi connectivity index (χ1) is 9.42. The largest absolute Gasteiger partial charge is 0.392 e. The number of hydrogen-bond acceptors (Lipinski definition) is 4. The number of rotatable bonds is 4. The van der Waals surface area contributed by atoms with Gasteiger partial charge in [0.2, 0.25) is 0 Å². The van der Waals surface area contributed by atoms with Crippen LogP contribution in [0.15, 0.2) is 41.4 Å². The molecule has 1 heterocycles. The minimum Gasteiger partial charge on any atom is -0.392 e. The van der Waals surface area contributed by atoms with Gasteiger partial charge in [0, 0.05) is 10.7 Å². The van der Waals surface area contributed by atoms with Crippen molar-refractivity contribution in [2.24, 2.45) is 0 Å². The Kier molecular flexibility index (Phi) is 4.27. The van der Waals surface area contributed by atoms with E-state index in [0.717, 1.165) is 5.69 Å². The third-order valence-corrected chi connectivity index (χ3v) is 4.41. The molecule has 106 valence electrons. The molecule has 0 saturated heterocycles. The minimum atomic E-state index is -3.74. The summed E-state index contributed by atoms with van der Waals surface area (Å²) < 4.78 is 26.8.